The minimum Gasteiger partial charge on any atom is -0.494 e. The molecule has 25 heavy (non-hydrogen) atoms. The van der Waals surface area contributed by atoms with E-state index in [0.717, 1.165) is 0 Å². The van der Waals surface area contributed by atoms with E-state index in [2.05, 4.69) is 4.72 Å². The highest BCUT2D eigenvalue weighted by Crippen LogP contribution is 2.27. The van der Waals surface area contributed by atoms with Crippen LogP contribution in [0.3, 0.4) is 0 Å². The first kappa shape index (κ1) is 18.8. The molecule has 0 saturated carbocycles. The van der Waals surface area contributed by atoms with Crippen LogP contribution in [-0.4, -0.2) is 20.5 Å². The van der Waals surface area contributed by atoms with Gasteiger partial charge in [-0.25, -0.2) is 17.5 Å². The van der Waals surface area contributed by atoms with Crippen LogP contribution in [0.2, 0.25) is 0 Å². The molecule has 0 aromatic heterocycles. The maximum absolute atomic E-state index is 13.8. The van der Waals surface area contributed by atoms with E-state index in [1.807, 2.05) is 0 Å². The third kappa shape index (κ3) is 3.94. The van der Waals surface area contributed by atoms with Crippen LogP contribution in [0.1, 0.15) is 24.1 Å². The van der Waals surface area contributed by atoms with Crippen molar-refractivity contribution >= 4 is 15.7 Å². The fourth-order valence-corrected chi connectivity index (χ4v) is 3.90. The van der Waals surface area contributed by atoms with Gasteiger partial charge in [0.2, 0.25) is 10.0 Å². The Morgan fingerprint density at radius 1 is 1.28 bits per heavy atom. The Labute approximate surface area is 144 Å². The Morgan fingerprint density at radius 2 is 1.96 bits per heavy atom. The van der Waals surface area contributed by atoms with Crippen LogP contribution in [-0.2, 0) is 10.0 Å². The number of ether oxygens (including phenoxy) is 1. The lowest BCUT2D eigenvalue weighted by Crippen LogP contribution is -2.27. The number of rotatable bonds is 6. The molecule has 2 rings (SSSR count). The first-order valence-corrected chi connectivity index (χ1v) is 8.75. The van der Waals surface area contributed by atoms with Gasteiger partial charge in [0.1, 0.15) is 0 Å². The molecule has 134 valence electrons. The zero-order valence-corrected chi connectivity index (χ0v) is 14.6. The fraction of sp³-hybridized carbons (Fsp3) is 0.250. The zero-order chi connectivity index (χ0) is 18.8. The Morgan fingerprint density at radius 3 is 2.52 bits per heavy atom. The highest BCUT2D eigenvalue weighted by atomic mass is 32.2. The van der Waals surface area contributed by atoms with E-state index >= 15 is 0 Å². The van der Waals surface area contributed by atoms with Crippen molar-refractivity contribution in [3.8, 4) is 5.75 Å². The average Bonchev–Trinajstić information content (AvgIpc) is 2.54. The van der Waals surface area contributed by atoms with Crippen molar-refractivity contribution in [1.82, 2.24) is 4.72 Å². The summed E-state index contributed by atoms with van der Waals surface area (Å²) in [4.78, 5) is 10.1. The number of nitrogens with one attached hydrogen (secondary N) is 1. The fourth-order valence-electron chi connectivity index (χ4n) is 2.41. The number of hydrogen-bond donors (Lipinski definition) is 1. The highest BCUT2D eigenvalue weighted by Gasteiger charge is 2.25. The van der Waals surface area contributed by atoms with E-state index in [4.69, 9.17) is 4.74 Å². The standard InChI is InChI=1S/C16H17FN2O5S/c1-10-14(19(20)21)5-4-6-16(10)25(22,23)18-11(2)12-7-8-15(24-3)13(17)9-12/h4-9,11,18H,1-3H3. The van der Waals surface area contributed by atoms with Crippen LogP contribution in [0.15, 0.2) is 41.3 Å². The summed E-state index contributed by atoms with van der Waals surface area (Å²) in [7, 11) is -2.70. The number of sulfonamides is 1. The summed E-state index contributed by atoms with van der Waals surface area (Å²) in [5, 5.41) is 11.0. The lowest BCUT2D eigenvalue weighted by molar-refractivity contribution is -0.385. The minimum absolute atomic E-state index is 0.0353. The summed E-state index contributed by atoms with van der Waals surface area (Å²) in [6.45, 7) is 2.91. The van der Waals surface area contributed by atoms with Crippen molar-refractivity contribution in [2.75, 3.05) is 7.11 Å². The van der Waals surface area contributed by atoms with Crippen LogP contribution in [0.5, 0.6) is 5.75 Å². The minimum atomic E-state index is -4.03. The number of nitro benzene ring substituents is 1. The number of benzene rings is 2. The molecule has 2 aromatic rings. The van der Waals surface area contributed by atoms with Gasteiger partial charge in [0.25, 0.3) is 5.69 Å². The van der Waals surface area contributed by atoms with Crippen LogP contribution < -0.4 is 9.46 Å². The van der Waals surface area contributed by atoms with Crippen molar-refractivity contribution in [2.45, 2.75) is 24.8 Å². The molecule has 0 spiro atoms. The summed E-state index contributed by atoms with van der Waals surface area (Å²) in [5.41, 5.74) is 0.143. The molecule has 1 N–H and O–H groups in total. The van der Waals surface area contributed by atoms with E-state index in [1.165, 1.54) is 50.4 Å². The van der Waals surface area contributed by atoms with Crippen LogP contribution in [0, 0.1) is 22.9 Å². The lowest BCUT2D eigenvalue weighted by Gasteiger charge is -2.16. The quantitative estimate of drug-likeness (QED) is 0.624. The third-order valence-corrected chi connectivity index (χ3v) is 5.43. The molecular weight excluding hydrogens is 351 g/mol. The number of halogens is 1. The molecule has 0 fully saturated rings. The second-order valence-electron chi connectivity index (χ2n) is 5.39. The summed E-state index contributed by atoms with van der Waals surface area (Å²) in [6, 6.07) is 7.18. The van der Waals surface area contributed by atoms with Gasteiger partial charge in [-0.1, -0.05) is 12.1 Å². The van der Waals surface area contributed by atoms with E-state index in [9.17, 15) is 22.9 Å². The van der Waals surface area contributed by atoms with Gasteiger partial charge in [-0.3, -0.25) is 10.1 Å². The molecule has 7 nitrogen and oxygen atoms in total. The van der Waals surface area contributed by atoms with Crippen molar-refractivity contribution in [3.63, 3.8) is 0 Å². The van der Waals surface area contributed by atoms with E-state index < -0.39 is 26.8 Å². The summed E-state index contributed by atoms with van der Waals surface area (Å²) in [5.74, 6) is -0.564. The second kappa shape index (κ2) is 7.16. The maximum atomic E-state index is 13.8. The average molecular weight is 368 g/mol. The van der Waals surface area contributed by atoms with Crippen molar-refractivity contribution in [1.29, 1.82) is 0 Å². The maximum Gasteiger partial charge on any atom is 0.273 e. The molecule has 0 amide bonds. The van der Waals surface area contributed by atoms with E-state index in [0.29, 0.717) is 5.56 Å². The van der Waals surface area contributed by atoms with Gasteiger partial charge < -0.3 is 4.74 Å². The second-order valence-corrected chi connectivity index (χ2v) is 7.08. The van der Waals surface area contributed by atoms with Crippen molar-refractivity contribution in [3.05, 3.63) is 63.5 Å². The van der Waals surface area contributed by atoms with E-state index in [-0.39, 0.29) is 21.9 Å². The first-order valence-electron chi connectivity index (χ1n) is 7.27. The molecule has 1 unspecified atom stereocenters. The molecule has 0 radical (unpaired) electrons. The monoisotopic (exact) mass is 368 g/mol. The third-order valence-electron chi connectivity index (χ3n) is 3.75. The lowest BCUT2D eigenvalue weighted by atomic mass is 10.1. The molecule has 2 aromatic carbocycles. The Balaban J connectivity index is 2.34. The van der Waals surface area contributed by atoms with Gasteiger partial charge in [-0.15, -0.1) is 0 Å². The number of nitrogens with zero attached hydrogens (tertiary/aromatic N) is 1. The summed E-state index contributed by atoms with van der Waals surface area (Å²) in [6.07, 6.45) is 0. The van der Waals surface area contributed by atoms with Gasteiger partial charge in [-0.05, 0) is 37.6 Å². The first-order chi connectivity index (χ1) is 11.7. The predicted octanol–water partition coefficient (Wildman–Crippen LogP) is 3.09. The number of nitro groups is 1. The summed E-state index contributed by atoms with van der Waals surface area (Å²) < 4.78 is 46.2. The topological polar surface area (TPSA) is 98.5 Å². The van der Waals surface area contributed by atoms with E-state index in [1.54, 1.807) is 6.92 Å². The molecule has 1 atom stereocenters. The summed E-state index contributed by atoms with van der Waals surface area (Å²) >= 11 is 0. The van der Waals surface area contributed by atoms with Crippen LogP contribution >= 0.6 is 0 Å². The van der Waals surface area contributed by atoms with Gasteiger partial charge >= 0.3 is 0 Å². The molecule has 0 heterocycles. The van der Waals surface area contributed by atoms with Gasteiger partial charge in [-0.2, -0.15) is 0 Å². The van der Waals surface area contributed by atoms with Crippen molar-refractivity contribution < 1.29 is 22.5 Å². The molecule has 0 aliphatic rings. The molecule has 0 bridgehead atoms. The molecular formula is C16H17FN2O5S. The molecule has 9 heteroatoms. The Kier molecular flexibility index (Phi) is 5.39. The van der Waals surface area contributed by atoms with Gasteiger partial charge in [0.15, 0.2) is 11.6 Å². The largest absolute Gasteiger partial charge is 0.494 e. The zero-order valence-electron chi connectivity index (χ0n) is 13.8. The van der Waals surface area contributed by atoms with Crippen LogP contribution in [0.25, 0.3) is 0 Å². The number of hydrogen-bond acceptors (Lipinski definition) is 5. The molecule has 0 aliphatic carbocycles. The highest BCUT2D eigenvalue weighted by molar-refractivity contribution is 7.89. The smallest absolute Gasteiger partial charge is 0.273 e. The normalized spacial score (nSPS) is 12.6. The van der Waals surface area contributed by atoms with Crippen LogP contribution in [0.4, 0.5) is 10.1 Å². The number of methoxy groups -OCH3 is 1. The predicted molar refractivity (Wildman–Crippen MR) is 89.5 cm³/mol. The molecule has 0 saturated heterocycles. The Hall–Kier alpha value is -2.52. The SMILES string of the molecule is COc1ccc(C(C)NS(=O)(=O)c2cccc([N+](=O)[O-])c2C)cc1F. The van der Waals surface area contributed by atoms with Crippen molar-refractivity contribution in [2.24, 2.45) is 0 Å². The Bertz CT molecular complexity index is 915. The molecule has 0 aliphatic heterocycles. The van der Waals surface area contributed by atoms with Gasteiger partial charge in [0, 0.05) is 17.7 Å². The van der Waals surface area contributed by atoms with Gasteiger partial charge in [0.05, 0.1) is 16.9 Å².